The van der Waals surface area contributed by atoms with Gasteiger partial charge >= 0.3 is 0 Å². The fourth-order valence-electron chi connectivity index (χ4n) is 2.47. The third kappa shape index (κ3) is 3.23. The van der Waals surface area contributed by atoms with Gasteiger partial charge in [-0.05, 0) is 40.2 Å². The van der Waals surface area contributed by atoms with E-state index < -0.39 is 11.8 Å². The second-order valence-corrected chi connectivity index (χ2v) is 6.06. The number of anilines is 1. The molecule has 3 rings (SSSR count). The van der Waals surface area contributed by atoms with Crippen LogP contribution in [0.25, 0.3) is 6.08 Å². The third-order valence-corrected chi connectivity index (χ3v) is 4.33. The van der Waals surface area contributed by atoms with Gasteiger partial charge in [0.15, 0.2) is 0 Å². The molecule has 1 saturated heterocycles. The molecule has 128 valence electrons. The van der Waals surface area contributed by atoms with E-state index in [1.807, 2.05) is 6.07 Å². The van der Waals surface area contributed by atoms with Crippen molar-refractivity contribution in [2.45, 2.75) is 0 Å². The summed E-state index contributed by atoms with van der Waals surface area (Å²) in [6.45, 7) is 0. The van der Waals surface area contributed by atoms with Crippen LogP contribution in [0, 0.1) is 0 Å². The van der Waals surface area contributed by atoms with Crippen LogP contribution >= 0.6 is 15.9 Å². The first-order valence-corrected chi connectivity index (χ1v) is 8.18. The van der Waals surface area contributed by atoms with Crippen LogP contribution in [0.1, 0.15) is 5.56 Å². The number of hydrogen-bond acceptors (Lipinski definition) is 4. The van der Waals surface area contributed by atoms with Crippen molar-refractivity contribution in [2.75, 3.05) is 19.2 Å². The summed E-state index contributed by atoms with van der Waals surface area (Å²) in [5, 5.41) is 1.22. The molecule has 0 radical (unpaired) electrons. The fraction of sp³-hybridized carbons (Fsp3) is 0.111. The number of hydrogen-bond donors (Lipinski definition) is 1. The molecule has 25 heavy (non-hydrogen) atoms. The number of carbonyl (C=O) groups is 2. The molecule has 1 aliphatic rings. The highest BCUT2D eigenvalue weighted by Crippen LogP contribution is 2.34. The van der Waals surface area contributed by atoms with E-state index in [9.17, 15) is 9.59 Å². The van der Waals surface area contributed by atoms with Gasteiger partial charge in [-0.1, -0.05) is 18.2 Å². The SMILES string of the molecule is COc1cc(OC)c(C=C2C(=O)NN(c3ccccc3)C2=O)cc1Br. The minimum absolute atomic E-state index is 0.0271. The number of hydrazine groups is 1. The minimum atomic E-state index is -0.470. The predicted molar refractivity (Wildman–Crippen MR) is 97.3 cm³/mol. The molecule has 1 N–H and O–H groups in total. The number of amides is 2. The van der Waals surface area contributed by atoms with Gasteiger partial charge in [0.2, 0.25) is 0 Å². The summed E-state index contributed by atoms with van der Waals surface area (Å²) in [7, 11) is 3.06. The van der Waals surface area contributed by atoms with Crippen molar-refractivity contribution < 1.29 is 19.1 Å². The van der Waals surface area contributed by atoms with Gasteiger partial charge in [-0.25, -0.2) is 5.01 Å². The van der Waals surface area contributed by atoms with Crippen LogP contribution in [-0.2, 0) is 9.59 Å². The highest BCUT2D eigenvalue weighted by Gasteiger charge is 2.34. The Morgan fingerprint density at radius 1 is 1.04 bits per heavy atom. The lowest BCUT2D eigenvalue weighted by molar-refractivity contribution is -0.117. The van der Waals surface area contributed by atoms with Gasteiger partial charge in [0, 0.05) is 11.6 Å². The minimum Gasteiger partial charge on any atom is -0.496 e. The lowest BCUT2D eigenvalue weighted by atomic mass is 10.1. The predicted octanol–water partition coefficient (Wildman–Crippen LogP) is 2.93. The van der Waals surface area contributed by atoms with Crippen molar-refractivity contribution in [3.05, 3.63) is 58.1 Å². The van der Waals surface area contributed by atoms with Crippen molar-refractivity contribution in [1.29, 1.82) is 0 Å². The summed E-state index contributed by atoms with van der Waals surface area (Å²) in [6, 6.07) is 12.3. The van der Waals surface area contributed by atoms with Crippen LogP contribution in [0.15, 0.2) is 52.5 Å². The maximum Gasteiger partial charge on any atom is 0.282 e. The van der Waals surface area contributed by atoms with Crippen LogP contribution in [0.4, 0.5) is 5.69 Å². The molecule has 1 heterocycles. The zero-order valence-electron chi connectivity index (χ0n) is 13.6. The molecule has 6 nitrogen and oxygen atoms in total. The number of halogens is 1. The van der Waals surface area contributed by atoms with Crippen LogP contribution in [0.3, 0.4) is 0 Å². The molecular weight excluding hydrogens is 388 g/mol. The number of benzene rings is 2. The summed E-state index contributed by atoms with van der Waals surface area (Å²) in [5.41, 5.74) is 3.77. The first-order chi connectivity index (χ1) is 12.0. The highest BCUT2D eigenvalue weighted by atomic mass is 79.9. The van der Waals surface area contributed by atoms with Crippen LogP contribution in [0.2, 0.25) is 0 Å². The zero-order chi connectivity index (χ0) is 18.0. The molecule has 0 saturated carbocycles. The highest BCUT2D eigenvalue weighted by molar-refractivity contribution is 9.10. The van der Waals surface area contributed by atoms with Crippen molar-refractivity contribution in [2.24, 2.45) is 0 Å². The topological polar surface area (TPSA) is 67.9 Å². The second kappa shape index (κ2) is 6.98. The number of para-hydroxylation sites is 1. The van der Waals surface area contributed by atoms with Crippen molar-refractivity contribution in [3.63, 3.8) is 0 Å². The number of nitrogens with zero attached hydrogens (tertiary/aromatic N) is 1. The Kier molecular flexibility index (Phi) is 4.76. The summed E-state index contributed by atoms with van der Waals surface area (Å²) < 4.78 is 11.2. The third-order valence-electron chi connectivity index (χ3n) is 3.71. The van der Waals surface area contributed by atoms with Gasteiger partial charge < -0.3 is 9.47 Å². The van der Waals surface area contributed by atoms with Gasteiger partial charge in [0.05, 0.1) is 24.4 Å². The van der Waals surface area contributed by atoms with E-state index >= 15 is 0 Å². The number of ether oxygens (including phenoxy) is 2. The van der Waals surface area contributed by atoms with Crippen LogP contribution in [0.5, 0.6) is 11.5 Å². The van der Waals surface area contributed by atoms with E-state index in [0.717, 1.165) is 0 Å². The average molecular weight is 403 g/mol. The number of nitrogens with one attached hydrogen (secondary N) is 1. The molecule has 0 unspecified atom stereocenters. The van der Waals surface area contributed by atoms with E-state index in [2.05, 4.69) is 21.4 Å². The Morgan fingerprint density at radius 3 is 2.36 bits per heavy atom. The first-order valence-electron chi connectivity index (χ1n) is 7.39. The fourth-order valence-corrected chi connectivity index (χ4v) is 2.99. The largest absolute Gasteiger partial charge is 0.496 e. The molecule has 1 fully saturated rings. The second-order valence-electron chi connectivity index (χ2n) is 5.20. The molecule has 0 atom stereocenters. The molecule has 0 bridgehead atoms. The molecule has 7 heteroatoms. The number of rotatable bonds is 4. The summed E-state index contributed by atoms with van der Waals surface area (Å²) in [4.78, 5) is 24.9. The van der Waals surface area contributed by atoms with E-state index in [1.165, 1.54) is 18.2 Å². The molecule has 2 amide bonds. The first kappa shape index (κ1) is 17.0. The van der Waals surface area contributed by atoms with Gasteiger partial charge in [-0.3, -0.25) is 15.0 Å². The molecule has 0 aromatic heterocycles. The summed E-state index contributed by atoms with van der Waals surface area (Å²) >= 11 is 3.39. The Bertz CT molecular complexity index is 865. The van der Waals surface area contributed by atoms with Crippen LogP contribution < -0.4 is 19.9 Å². The zero-order valence-corrected chi connectivity index (χ0v) is 15.2. The van der Waals surface area contributed by atoms with E-state index in [-0.39, 0.29) is 5.57 Å². The quantitative estimate of drug-likeness (QED) is 0.630. The van der Waals surface area contributed by atoms with Crippen molar-refractivity contribution in [3.8, 4) is 11.5 Å². The molecule has 0 spiro atoms. The molecular formula is C18H15BrN2O4. The average Bonchev–Trinajstić information content (AvgIpc) is 2.91. The number of carbonyl (C=O) groups excluding carboxylic acids is 2. The molecule has 2 aromatic carbocycles. The molecule has 0 aliphatic carbocycles. The van der Waals surface area contributed by atoms with Crippen molar-refractivity contribution in [1.82, 2.24) is 5.43 Å². The number of methoxy groups -OCH3 is 2. The molecule has 1 aliphatic heterocycles. The molecule has 2 aromatic rings. The Labute approximate surface area is 153 Å². The lowest BCUT2D eigenvalue weighted by Gasteiger charge is -2.14. The summed E-state index contributed by atoms with van der Waals surface area (Å²) in [5.74, 6) is 0.187. The van der Waals surface area contributed by atoms with Crippen LogP contribution in [-0.4, -0.2) is 26.0 Å². The Hall–Kier alpha value is -2.80. The van der Waals surface area contributed by atoms with Gasteiger partial charge in [-0.2, -0.15) is 0 Å². The smallest absolute Gasteiger partial charge is 0.282 e. The maximum atomic E-state index is 12.6. The summed E-state index contributed by atoms with van der Waals surface area (Å²) in [6.07, 6.45) is 1.50. The van der Waals surface area contributed by atoms with E-state index in [4.69, 9.17) is 9.47 Å². The van der Waals surface area contributed by atoms with Gasteiger partial charge in [0.1, 0.15) is 17.1 Å². The van der Waals surface area contributed by atoms with Gasteiger partial charge in [-0.15, -0.1) is 0 Å². The van der Waals surface area contributed by atoms with E-state index in [1.54, 1.807) is 43.5 Å². The lowest BCUT2D eigenvalue weighted by Crippen LogP contribution is -2.35. The van der Waals surface area contributed by atoms with E-state index in [0.29, 0.717) is 27.2 Å². The standard InChI is InChI=1S/C18H15BrN2O4/c1-24-15-10-16(25-2)14(19)9-11(15)8-13-17(22)20-21(18(13)23)12-6-4-3-5-7-12/h3-10H,1-2H3,(H,20,22). The Morgan fingerprint density at radius 2 is 1.72 bits per heavy atom. The Balaban J connectivity index is 2.00. The maximum absolute atomic E-state index is 12.6. The monoisotopic (exact) mass is 402 g/mol. The normalized spacial score (nSPS) is 15.5. The van der Waals surface area contributed by atoms with Gasteiger partial charge in [0.25, 0.3) is 11.8 Å². The van der Waals surface area contributed by atoms with Crippen molar-refractivity contribution >= 4 is 39.5 Å².